The second-order valence-electron chi connectivity index (χ2n) is 7.11. The van der Waals surface area contributed by atoms with Crippen LogP contribution in [0.25, 0.3) is 0 Å². The molecule has 1 aliphatic heterocycles. The molecule has 2 fully saturated rings. The summed E-state index contributed by atoms with van der Waals surface area (Å²) in [6, 6.07) is 1.11. The number of likely N-dealkylation sites (N-methyl/N-ethyl adjacent to an activating group) is 1. The van der Waals surface area contributed by atoms with Gasteiger partial charge in [0.05, 0.1) is 0 Å². The molecule has 2 N–H and O–H groups in total. The fourth-order valence-corrected chi connectivity index (χ4v) is 3.49. The van der Waals surface area contributed by atoms with Crippen LogP contribution < -0.4 is 10.6 Å². The Kier molecular flexibility index (Phi) is 4.91. The van der Waals surface area contributed by atoms with Crippen LogP contribution in [0.3, 0.4) is 0 Å². The van der Waals surface area contributed by atoms with Crippen LogP contribution in [-0.2, 0) is 4.74 Å². The molecule has 5 heteroatoms. The fraction of sp³-hybridized carbons (Fsp3) is 0.933. The van der Waals surface area contributed by atoms with Crippen molar-refractivity contribution in [1.82, 2.24) is 15.5 Å². The largest absolute Gasteiger partial charge is 0.444 e. The summed E-state index contributed by atoms with van der Waals surface area (Å²) in [7, 11) is 2.20. The summed E-state index contributed by atoms with van der Waals surface area (Å²) in [6.07, 6.45) is 3.37. The van der Waals surface area contributed by atoms with E-state index in [0.717, 1.165) is 13.1 Å². The molecule has 0 bridgehead atoms. The first-order valence-electron chi connectivity index (χ1n) is 7.77. The Morgan fingerprint density at radius 3 is 2.85 bits per heavy atom. The highest BCUT2D eigenvalue weighted by Crippen LogP contribution is 2.29. The molecule has 1 aliphatic carbocycles. The Labute approximate surface area is 122 Å². The molecule has 0 spiro atoms. The van der Waals surface area contributed by atoms with Crippen LogP contribution in [0.15, 0.2) is 0 Å². The molecule has 1 saturated carbocycles. The van der Waals surface area contributed by atoms with Crippen molar-refractivity contribution in [3.63, 3.8) is 0 Å². The minimum absolute atomic E-state index is 0.300. The van der Waals surface area contributed by atoms with E-state index in [9.17, 15) is 4.79 Å². The first kappa shape index (κ1) is 15.6. The minimum atomic E-state index is -0.428. The van der Waals surface area contributed by atoms with E-state index in [1.165, 1.54) is 19.3 Å². The summed E-state index contributed by atoms with van der Waals surface area (Å²) in [5, 5.41) is 6.57. The van der Waals surface area contributed by atoms with Crippen molar-refractivity contribution in [2.75, 3.05) is 26.7 Å². The van der Waals surface area contributed by atoms with E-state index in [1.54, 1.807) is 0 Å². The quantitative estimate of drug-likeness (QED) is 0.808. The summed E-state index contributed by atoms with van der Waals surface area (Å²) in [6.45, 7) is 8.54. The van der Waals surface area contributed by atoms with Crippen LogP contribution in [0.4, 0.5) is 4.79 Å². The van der Waals surface area contributed by atoms with Gasteiger partial charge in [-0.15, -0.1) is 0 Å². The Hall–Kier alpha value is -0.810. The molecule has 1 saturated heterocycles. The van der Waals surface area contributed by atoms with E-state index >= 15 is 0 Å². The number of amides is 1. The Morgan fingerprint density at radius 1 is 1.40 bits per heavy atom. The zero-order valence-corrected chi connectivity index (χ0v) is 13.2. The molecule has 3 unspecified atom stereocenters. The summed E-state index contributed by atoms with van der Waals surface area (Å²) < 4.78 is 5.31. The fourth-order valence-electron chi connectivity index (χ4n) is 3.49. The average molecular weight is 283 g/mol. The molecule has 0 aromatic carbocycles. The van der Waals surface area contributed by atoms with E-state index in [4.69, 9.17) is 4.74 Å². The summed E-state index contributed by atoms with van der Waals surface area (Å²) >= 11 is 0. The van der Waals surface area contributed by atoms with Crippen molar-refractivity contribution >= 4 is 6.09 Å². The van der Waals surface area contributed by atoms with Crippen molar-refractivity contribution in [3.8, 4) is 0 Å². The van der Waals surface area contributed by atoms with Crippen molar-refractivity contribution < 1.29 is 9.53 Å². The lowest BCUT2D eigenvalue weighted by atomic mass is 9.79. The van der Waals surface area contributed by atoms with Gasteiger partial charge in [-0.1, -0.05) is 6.42 Å². The van der Waals surface area contributed by atoms with Gasteiger partial charge in [-0.3, -0.25) is 0 Å². The van der Waals surface area contributed by atoms with Gasteiger partial charge in [-0.2, -0.15) is 0 Å². The van der Waals surface area contributed by atoms with Crippen LogP contribution in [0.2, 0.25) is 0 Å². The van der Waals surface area contributed by atoms with E-state index in [1.807, 2.05) is 20.8 Å². The molecule has 1 heterocycles. The normalized spacial score (nSPS) is 31.5. The monoisotopic (exact) mass is 283 g/mol. The number of nitrogens with one attached hydrogen (secondary N) is 2. The molecule has 0 aromatic heterocycles. The number of nitrogens with zero attached hydrogens (tertiary/aromatic N) is 1. The number of carbonyl (C=O) groups is 1. The summed E-state index contributed by atoms with van der Waals surface area (Å²) in [5.74, 6) is 0.513. The lowest BCUT2D eigenvalue weighted by Crippen LogP contribution is -2.62. The summed E-state index contributed by atoms with van der Waals surface area (Å²) in [5.41, 5.74) is -0.428. The Bertz CT molecular complexity index is 339. The third kappa shape index (κ3) is 4.09. The van der Waals surface area contributed by atoms with Crippen molar-refractivity contribution in [3.05, 3.63) is 0 Å². The molecule has 3 atom stereocenters. The third-order valence-electron chi connectivity index (χ3n) is 4.27. The first-order chi connectivity index (χ1) is 9.37. The number of carbonyl (C=O) groups excluding carboxylic acids is 1. The standard InChI is InChI=1S/C15H29N3O2/c1-15(2,3)20-14(19)17-10-11-6-5-7-12-13(11)18(4)9-8-16-12/h11-13,16H,5-10H2,1-4H3,(H,17,19). The van der Waals surface area contributed by atoms with Crippen molar-refractivity contribution in [2.45, 2.75) is 57.7 Å². The Balaban J connectivity index is 1.86. The highest BCUT2D eigenvalue weighted by Gasteiger charge is 2.38. The van der Waals surface area contributed by atoms with Crippen LogP contribution in [0.5, 0.6) is 0 Å². The van der Waals surface area contributed by atoms with Crippen LogP contribution in [-0.4, -0.2) is 55.4 Å². The molecule has 2 rings (SSSR count). The molecular weight excluding hydrogens is 254 g/mol. The average Bonchev–Trinajstić information content (AvgIpc) is 2.34. The van der Waals surface area contributed by atoms with Gasteiger partial charge in [0.25, 0.3) is 0 Å². The maximum absolute atomic E-state index is 11.8. The van der Waals surface area contributed by atoms with Crippen LogP contribution >= 0.6 is 0 Å². The molecule has 20 heavy (non-hydrogen) atoms. The number of fused-ring (bicyclic) bond motifs is 1. The number of hydrogen-bond acceptors (Lipinski definition) is 4. The van der Waals surface area contributed by atoms with E-state index in [-0.39, 0.29) is 6.09 Å². The lowest BCUT2D eigenvalue weighted by Gasteiger charge is -2.47. The molecule has 0 radical (unpaired) electrons. The highest BCUT2D eigenvalue weighted by molar-refractivity contribution is 5.67. The second kappa shape index (κ2) is 6.31. The Morgan fingerprint density at radius 2 is 2.15 bits per heavy atom. The second-order valence-corrected chi connectivity index (χ2v) is 7.11. The van der Waals surface area contributed by atoms with Crippen molar-refractivity contribution in [1.29, 1.82) is 0 Å². The smallest absolute Gasteiger partial charge is 0.407 e. The van der Waals surface area contributed by atoms with Gasteiger partial charge >= 0.3 is 6.09 Å². The maximum Gasteiger partial charge on any atom is 0.407 e. The van der Waals surface area contributed by atoms with E-state index < -0.39 is 5.60 Å². The molecule has 1 amide bonds. The number of piperazine rings is 1. The van der Waals surface area contributed by atoms with E-state index in [2.05, 4.69) is 22.6 Å². The first-order valence-corrected chi connectivity index (χ1v) is 7.77. The molecular formula is C15H29N3O2. The van der Waals surface area contributed by atoms with Gasteiger partial charge in [-0.25, -0.2) is 4.79 Å². The zero-order chi connectivity index (χ0) is 14.8. The van der Waals surface area contributed by atoms with Crippen LogP contribution in [0.1, 0.15) is 40.0 Å². The zero-order valence-electron chi connectivity index (χ0n) is 13.2. The van der Waals surface area contributed by atoms with Gasteiger partial charge in [0.15, 0.2) is 0 Å². The number of ether oxygens (including phenoxy) is 1. The highest BCUT2D eigenvalue weighted by atomic mass is 16.6. The predicted octanol–water partition coefficient (Wildman–Crippen LogP) is 1.58. The lowest BCUT2D eigenvalue weighted by molar-refractivity contribution is 0.0425. The van der Waals surface area contributed by atoms with Gasteiger partial charge in [-0.05, 0) is 46.6 Å². The minimum Gasteiger partial charge on any atom is -0.444 e. The van der Waals surface area contributed by atoms with Gasteiger partial charge in [0.2, 0.25) is 0 Å². The van der Waals surface area contributed by atoms with Gasteiger partial charge in [0.1, 0.15) is 5.60 Å². The molecule has 2 aliphatic rings. The van der Waals surface area contributed by atoms with Crippen molar-refractivity contribution in [2.24, 2.45) is 5.92 Å². The third-order valence-corrected chi connectivity index (χ3v) is 4.27. The molecule has 5 nitrogen and oxygen atoms in total. The van der Waals surface area contributed by atoms with Gasteiger partial charge < -0.3 is 20.3 Å². The number of alkyl carbamates (subject to hydrolysis) is 1. The number of hydrogen-bond donors (Lipinski definition) is 2. The SMILES string of the molecule is CN1CCNC2CCCC(CNC(=O)OC(C)(C)C)C21. The number of rotatable bonds is 2. The topological polar surface area (TPSA) is 53.6 Å². The maximum atomic E-state index is 11.8. The van der Waals surface area contributed by atoms with Gasteiger partial charge in [0, 0.05) is 31.7 Å². The summed E-state index contributed by atoms with van der Waals surface area (Å²) in [4.78, 5) is 14.2. The van der Waals surface area contributed by atoms with E-state index in [0.29, 0.717) is 24.5 Å². The molecule has 116 valence electrons. The molecule has 0 aromatic rings. The predicted molar refractivity (Wildman–Crippen MR) is 79.8 cm³/mol. The van der Waals surface area contributed by atoms with Crippen LogP contribution in [0, 0.1) is 5.92 Å².